The molecular formula is C20H24ClNO3. The molecule has 0 fully saturated rings. The zero-order chi connectivity index (χ0) is 18.1. The number of hydrogen-bond donors (Lipinski definition) is 1. The number of rotatable bonds is 9. The van der Waals surface area contributed by atoms with Crippen molar-refractivity contribution in [2.45, 2.75) is 32.3 Å². The van der Waals surface area contributed by atoms with E-state index < -0.39 is 6.10 Å². The van der Waals surface area contributed by atoms with Crippen LogP contribution >= 0.6 is 11.6 Å². The number of ether oxygens (including phenoxy) is 2. The zero-order valence-electron chi connectivity index (χ0n) is 14.6. The van der Waals surface area contributed by atoms with Crippen LogP contribution in [-0.2, 0) is 11.2 Å². The molecule has 4 nitrogen and oxygen atoms in total. The van der Waals surface area contributed by atoms with E-state index in [1.807, 2.05) is 43.3 Å². The van der Waals surface area contributed by atoms with Gasteiger partial charge in [-0.3, -0.25) is 4.79 Å². The lowest BCUT2D eigenvalue weighted by atomic mass is 10.1. The molecule has 1 unspecified atom stereocenters. The van der Waals surface area contributed by atoms with Crippen molar-refractivity contribution in [3.05, 3.63) is 59.1 Å². The Balaban J connectivity index is 1.75. The molecule has 2 rings (SSSR count). The molecule has 2 aromatic carbocycles. The van der Waals surface area contributed by atoms with Crippen LogP contribution in [0, 0.1) is 0 Å². The van der Waals surface area contributed by atoms with Crippen LogP contribution in [0.25, 0.3) is 0 Å². The standard InChI is InChI=1S/C20H24ClNO3/c1-3-19(25-18-12-10-17(24-2)11-13-18)20(23)22-14-4-5-15-6-8-16(21)9-7-15/h6-13,19H,3-5,14H2,1-2H3,(H,22,23). The molecule has 0 aromatic heterocycles. The Hall–Kier alpha value is -2.20. The van der Waals surface area contributed by atoms with Gasteiger partial charge in [0.2, 0.25) is 0 Å². The molecular weight excluding hydrogens is 338 g/mol. The topological polar surface area (TPSA) is 47.6 Å². The van der Waals surface area contributed by atoms with Gasteiger partial charge in [0, 0.05) is 11.6 Å². The summed E-state index contributed by atoms with van der Waals surface area (Å²) >= 11 is 5.87. The van der Waals surface area contributed by atoms with Crippen molar-refractivity contribution >= 4 is 17.5 Å². The number of benzene rings is 2. The fourth-order valence-electron chi connectivity index (χ4n) is 2.41. The third-order valence-electron chi connectivity index (χ3n) is 3.86. The van der Waals surface area contributed by atoms with Gasteiger partial charge in [-0.1, -0.05) is 30.7 Å². The fourth-order valence-corrected chi connectivity index (χ4v) is 2.54. The summed E-state index contributed by atoms with van der Waals surface area (Å²) in [5.41, 5.74) is 1.21. The first-order valence-electron chi connectivity index (χ1n) is 8.45. The molecule has 0 saturated heterocycles. The van der Waals surface area contributed by atoms with Crippen LogP contribution in [0.15, 0.2) is 48.5 Å². The van der Waals surface area contributed by atoms with Crippen molar-refractivity contribution in [3.63, 3.8) is 0 Å². The van der Waals surface area contributed by atoms with Crippen molar-refractivity contribution in [1.29, 1.82) is 0 Å². The van der Waals surface area contributed by atoms with E-state index in [9.17, 15) is 4.79 Å². The van der Waals surface area contributed by atoms with Crippen LogP contribution in [-0.4, -0.2) is 25.7 Å². The molecule has 134 valence electrons. The van der Waals surface area contributed by atoms with E-state index in [-0.39, 0.29) is 5.91 Å². The van der Waals surface area contributed by atoms with Gasteiger partial charge in [0.15, 0.2) is 6.10 Å². The number of methoxy groups -OCH3 is 1. The summed E-state index contributed by atoms with van der Waals surface area (Å²) in [6.45, 7) is 2.55. The highest BCUT2D eigenvalue weighted by Crippen LogP contribution is 2.19. The van der Waals surface area contributed by atoms with E-state index in [0.29, 0.717) is 18.7 Å². The van der Waals surface area contributed by atoms with Gasteiger partial charge in [-0.25, -0.2) is 0 Å². The van der Waals surface area contributed by atoms with Crippen LogP contribution in [0.3, 0.4) is 0 Å². The lowest BCUT2D eigenvalue weighted by Gasteiger charge is -2.17. The predicted octanol–water partition coefficient (Wildman–Crippen LogP) is 4.26. The molecule has 0 saturated carbocycles. The van der Waals surface area contributed by atoms with Crippen LogP contribution in [0.5, 0.6) is 11.5 Å². The Morgan fingerprint density at radius 3 is 2.32 bits per heavy atom. The van der Waals surface area contributed by atoms with E-state index >= 15 is 0 Å². The van der Waals surface area contributed by atoms with Gasteiger partial charge in [-0.15, -0.1) is 0 Å². The normalized spacial score (nSPS) is 11.6. The van der Waals surface area contributed by atoms with E-state index in [2.05, 4.69) is 5.32 Å². The summed E-state index contributed by atoms with van der Waals surface area (Å²) in [7, 11) is 1.61. The average molecular weight is 362 g/mol. The quantitative estimate of drug-likeness (QED) is 0.679. The molecule has 25 heavy (non-hydrogen) atoms. The van der Waals surface area contributed by atoms with Gasteiger partial charge < -0.3 is 14.8 Å². The lowest BCUT2D eigenvalue weighted by Crippen LogP contribution is -2.38. The number of halogens is 1. The number of carbonyl (C=O) groups is 1. The third-order valence-corrected chi connectivity index (χ3v) is 4.11. The number of carbonyl (C=O) groups excluding carboxylic acids is 1. The third kappa shape index (κ3) is 6.31. The summed E-state index contributed by atoms with van der Waals surface area (Å²) in [4.78, 5) is 12.3. The molecule has 0 aliphatic carbocycles. The molecule has 1 atom stereocenters. The predicted molar refractivity (Wildman–Crippen MR) is 100 cm³/mol. The Kier molecular flexibility index (Phi) is 7.61. The second kappa shape index (κ2) is 9.94. The Labute approximate surface area is 154 Å². The second-order valence-electron chi connectivity index (χ2n) is 5.71. The molecule has 2 aromatic rings. The zero-order valence-corrected chi connectivity index (χ0v) is 15.4. The van der Waals surface area contributed by atoms with Gasteiger partial charge in [0.1, 0.15) is 11.5 Å². The van der Waals surface area contributed by atoms with Crippen molar-refractivity contribution in [1.82, 2.24) is 5.32 Å². The lowest BCUT2D eigenvalue weighted by molar-refractivity contribution is -0.128. The van der Waals surface area contributed by atoms with Crippen LogP contribution in [0.4, 0.5) is 0 Å². The Morgan fingerprint density at radius 2 is 1.72 bits per heavy atom. The molecule has 0 heterocycles. The number of aryl methyl sites for hydroxylation is 1. The highest BCUT2D eigenvalue weighted by Gasteiger charge is 2.17. The number of nitrogens with one attached hydrogen (secondary N) is 1. The maximum Gasteiger partial charge on any atom is 0.261 e. The van der Waals surface area contributed by atoms with Gasteiger partial charge in [-0.05, 0) is 61.2 Å². The fraction of sp³-hybridized carbons (Fsp3) is 0.350. The largest absolute Gasteiger partial charge is 0.497 e. The van der Waals surface area contributed by atoms with Crippen LogP contribution in [0.1, 0.15) is 25.3 Å². The smallest absolute Gasteiger partial charge is 0.261 e. The van der Waals surface area contributed by atoms with Gasteiger partial charge in [-0.2, -0.15) is 0 Å². The number of amides is 1. The van der Waals surface area contributed by atoms with E-state index in [1.165, 1.54) is 5.56 Å². The van der Waals surface area contributed by atoms with E-state index in [0.717, 1.165) is 23.6 Å². The highest BCUT2D eigenvalue weighted by atomic mass is 35.5. The summed E-state index contributed by atoms with van der Waals surface area (Å²) in [6, 6.07) is 15.0. The molecule has 0 spiro atoms. The Bertz CT molecular complexity index is 656. The van der Waals surface area contributed by atoms with Gasteiger partial charge in [0.25, 0.3) is 5.91 Å². The summed E-state index contributed by atoms with van der Waals surface area (Å²) in [6.07, 6.45) is 1.87. The molecule has 0 aliphatic rings. The highest BCUT2D eigenvalue weighted by molar-refractivity contribution is 6.30. The molecule has 0 bridgehead atoms. The van der Waals surface area contributed by atoms with Crippen molar-refractivity contribution in [2.24, 2.45) is 0 Å². The molecule has 0 radical (unpaired) electrons. The summed E-state index contributed by atoms with van der Waals surface area (Å²) in [5.74, 6) is 1.32. The first-order valence-corrected chi connectivity index (χ1v) is 8.83. The first kappa shape index (κ1) is 19.1. The van der Waals surface area contributed by atoms with Gasteiger partial charge >= 0.3 is 0 Å². The summed E-state index contributed by atoms with van der Waals surface area (Å²) < 4.78 is 10.9. The maximum atomic E-state index is 12.3. The van der Waals surface area contributed by atoms with E-state index in [4.69, 9.17) is 21.1 Å². The van der Waals surface area contributed by atoms with Crippen molar-refractivity contribution in [2.75, 3.05) is 13.7 Å². The van der Waals surface area contributed by atoms with Gasteiger partial charge in [0.05, 0.1) is 7.11 Å². The summed E-state index contributed by atoms with van der Waals surface area (Å²) in [5, 5.41) is 3.68. The molecule has 0 aliphatic heterocycles. The van der Waals surface area contributed by atoms with E-state index in [1.54, 1.807) is 19.2 Å². The number of hydrogen-bond acceptors (Lipinski definition) is 3. The Morgan fingerprint density at radius 1 is 1.08 bits per heavy atom. The minimum atomic E-state index is -0.496. The average Bonchev–Trinajstić information content (AvgIpc) is 2.65. The van der Waals surface area contributed by atoms with Crippen LogP contribution < -0.4 is 14.8 Å². The second-order valence-corrected chi connectivity index (χ2v) is 6.15. The van der Waals surface area contributed by atoms with Crippen molar-refractivity contribution in [3.8, 4) is 11.5 Å². The molecule has 5 heteroatoms. The van der Waals surface area contributed by atoms with Crippen molar-refractivity contribution < 1.29 is 14.3 Å². The molecule has 1 amide bonds. The van der Waals surface area contributed by atoms with Crippen LogP contribution in [0.2, 0.25) is 5.02 Å². The molecule has 1 N–H and O–H groups in total. The monoisotopic (exact) mass is 361 g/mol. The maximum absolute atomic E-state index is 12.3. The first-order chi connectivity index (χ1) is 12.1. The minimum absolute atomic E-state index is 0.0885. The SMILES string of the molecule is CCC(Oc1ccc(OC)cc1)C(=O)NCCCc1ccc(Cl)cc1. The minimum Gasteiger partial charge on any atom is -0.497 e.